The van der Waals surface area contributed by atoms with Gasteiger partial charge in [0.2, 0.25) is 0 Å². The summed E-state index contributed by atoms with van der Waals surface area (Å²) in [6.07, 6.45) is 7.74. The average molecular weight is 327 g/mol. The summed E-state index contributed by atoms with van der Waals surface area (Å²) in [6, 6.07) is 21.9. The van der Waals surface area contributed by atoms with Gasteiger partial charge in [0.25, 0.3) is 0 Å². The first kappa shape index (κ1) is 16.7. The Balaban J connectivity index is 2.00. The summed E-state index contributed by atoms with van der Waals surface area (Å²) >= 11 is 0. The van der Waals surface area contributed by atoms with Crippen LogP contribution in [0.25, 0.3) is 11.3 Å². The van der Waals surface area contributed by atoms with Gasteiger partial charge in [0.05, 0.1) is 11.4 Å². The summed E-state index contributed by atoms with van der Waals surface area (Å²) in [7, 11) is 0. The molecule has 25 heavy (non-hydrogen) atoms. The van der Waals surface area contributed by atoms with E-state index < -0.39 is 0 Å². The predicted molar refractivity (Wildman–Crippen MR) is 103 cm³/mol. The normalized spacial score (nSPS) is 13.5. The van der Waals surface area contributed by atoms with Crippen molar-refractivity contribution in [1.29, 1.82) is 0 Å². The molecule has 2 aromatic heterocycles. The van der Waals surface area contributed by atoms with E-state index in [0.29, 0.717) is 5.70 Å². The summed E-state index contributed by atoms with van der Waals surface area (Å²) < 4.78 is 0. The van der Waals surface area contributed by atoms with Gasteiger partial charge >= 0.3 is 0 Å². The van der Waals surface area contributed by atoms with E-state index in [-0.39, 0.29) is 5.92 Å². The molecule has 3 rings (SSSR count). The van der Waals surface area contributed by atoms with Crippen molar-refractivity contribution in [2.75, 3.05) is 0 Å². The molecule has 0 radical (unpaired) electrons. The van der Waals surface area contributed by atoms with Crippen LogP contribution in [0.5, 0.6) is 0 Å². The fourth-order valence-corrected chi connectivity index (χ4v) is 2.63. The minimum Gasteiger partial charge on any atom is -0.397 e. The van der Waals surface area contributed by atoms with Gasteiger partial charge in [-0.3, -0.25) is 9.97 Å². The monoisotopic (exact) mass is 327 g/mol. The molecule has 0 aliphatic rings. The summed E-state index contributed by atoms with van der Waals surface area (Å²) in [5.41, 5.74) is 10.9. The second-order valence-corrected chi connectivity index (χ2v) is 5.85. The fraction of sp³-hybridized carbons (Fsp3) is 0.0909. The van der Waals surface area contributed by atoms with Crippen LogP contribution in [0.3, 0.4) is 0 Å². The van der Waals surface area contributed by atoms with Crippen molar-refractivity contribution in [2.24, 2.45) is 5.73 Å². The number of nitrogens with two attached hydrogens (primary N) is 1. The Hall–Kier alpha value is -3.20. The van der Waals surface area contributed by atoms with E-state index in [1.165, 1.54) is 0 Å². The lowest BCUT2D eigenvalue weighted by Gasteiger charge is -2.10. The van der Waals surface area contributed by atoms with Crippen molar-refractivity contribution in [1.82, 2.24) is 9.97 Å². The maximum atomic E-state index is 6.29. The zero-order valence-electron chi connectivity index (χ0n) is 14.2. The van der Waals surface area contributed by atoms with Crippen molar-refractivity contribution in [3.8, 4) is 0 Å². The lowest BCUT2D eigenvalue weighted by molar-refractivity contribution is 0.909. The molecule has 0 saturated heterocycles. The molecule has 0 saturated carbocycles. The smallest absolute Gasteiger partial charge is 0.0859 e. The van der Waals surface area contributed by atoms with Crippen molar-refractivity contribution in [2.45, 2.75) is 12.8 Å². The third kappa shape index (κ3) is 4.42. The van der Waals surface area contributed by atoms with E-state index in [1.807, 2.05) is 66.9 Å². The van der Waals surface area contributed by atoms with Gasteiger partial charge in [0.1, 0.15) is 0 Å². The van der Waals surface area contributed by atoms with Crippen molar-refractivity contribution in [3.05, 3.63) is 108 Å². The highest BCUT2D eigenvalue weighted by Crippen LogP contribution is 2.24. The predicted octanol–water partition coefficient (Wildman–Crippen LogP) is 4.66. The van der Waals surface area contributed by atoms with Crippen LogP contribution < -0.4 is 5.73 Å². The van der Waals surface area contributed by atoms with Crippen molar-refractivity contribution < 1.29 is 0 Å². The maximum absolute atomic E-state index is 6.29. The topological polar surface area (TPSA) is 51.8 Å². The highest BCUT2D eigenvalue weighted by Gasteiger charge is 2.07. The van der Waals surface area contributed by atoms with Gasteiger partial charge < -0.3 is 5.73 Å². The Kier molecular flexibility index (Phi) is 5.37. The summed E-state index contributed by atoms with van der Waals surface area (Å²) in [5, 5.41) is 0. The lowest BCUT2D eigenvalue weighted by Crippen LogP contribution is -2.00. The first-order chi connectivity index (χ1) is 12.2. The molecule has 0 amide bonds. The molecular weight excluding hydrogens is 306 g/mol. The number of hydrogen-bond donors (Lipinski definition) is 1. The number of allylic oxidation sites excluding steroid dienone is 3. The standard InChI is InChI=1S/C22H21N3/c1-17(21-11-5-7-13-24-21)15-19(18-9-3-2-4-10-18)16-20(23)22-12-6-8-14-25-22/h2-17H,23H2,1H3/b19-15+,20-16-. The van der Waals surface area contributed by atoms with Crippen LogP contribution in [0.1, 0.15) is 29.8 Å². The molecule has 0 spiro atoms. The van der Waals surface area contributed by atoms with Gasteiger partial charge in [-0.2, -0.15) is 0 Å². The van der Waals surface area contributed by atoms with Crippen LogP contribution in [0.15, 0.2) is 91.3 Å². The SMILES string of the molecule is CC(/C=C(\C=C(/N)c1ccccn1)c1ccccc1)c1ccccn1. The number of rotatable bonds is 5. The maximum Gasteiger partial charge on any atom is 0.0859 e. The molecule has 0 fully saturated rings. The minimum absolute atomic E-state index is 0.171. The van der Waals surface area contributed by atoms with Crippen LogP contribution >= 0.6 is 0 Å². The first-order valence-electron chi connectivity index (χ1n) is 8.31. The van der Waals surface area contributed by atoms with Crippen LogP contribution in [0, 0.1) is 0 Å². The number of hydrogen-bond acceptors (Lipinski definition) is 3. The molecule has 0 aliphatic heterocycles. The molecule has 1 unspecified atom stereocenters. The lowest BCUT2D eigenvalue weighted by atomic mass is 9.97. The molecule has 2 heterocycles. The van der Waals surface area contributed by atoms with E-state index in [1.54, 1.807) is 6.20 Å². The van der Waals surface area contributed by atoms with Crippen molar-refractivity contribution >= 4 is 11.3 Å². The highest BCUT2D eigenvalue weighted by atomic mass is 14.7. The average Bonchev–Trinajstić information content (AvgIpc) is 2.69. The van der Waals surface area contributed by atoms with E-state index in [9.17, 15) is 0 Å². The van der Waals surface area contributed by atoms with Gasteiger partial charge in [0.15, 0.2) is 0 Å². The second-order valence-electron chi connectivity index (χ2n) is 5.85. The molecule has 3 aromatic rings. The number of benzene rings is 1. The van der Waals surface area contributed by atoms with Gasteiger partial charge in [-0.1, -0.05) is 55.5 Å². The Morgan fingerprint density at radius 1 is 0.880 bits per heavy atom. The van der Waals surface area contributed by atoms with Crippen molar-refractivity contribution in [3.63, 3.8) is 0 Å². The van der Waals surface area contributed by atoms with Gasteiger partial charge in [-0.15, -0.1) is 0 Å². The summed E-state index contributed by atoms with van der Waals surface area (Å²) in [5.74, 6) is 0.171. The molecule has 0 aliphatic carbocycles. The quantitative estimate of drug-likeness (QED) is 0.693. The largest absolute Gasteiger partial charge is 0.397 e. The number of aromatic nitrogens is 2. The zero-order chi connectivity index (χ0) is 17.5. The van der Waals surface area contributed by atoms with Crippen LogP contribution in [-0.4, -0.2) is 9.97 Å². The van der Waals surface area contributed by atoms with E-state index in [2.05, 4.69) is 35.1 Å². The highest BCUT2D eigenvalue weighted by molar-refractivity contribution is 5.82. The Morgan fingerprint density at radius 2 is 1.56 bits per heavy atom. The number of nitrogens with zero attached hydrogens (tertiary/aromatic N) is 2. The summed E-state index contributed by atoms with van der Waals surface area (Å²) in [4.78, 5) is 8.78. The molecule has 3 heteroatoms. The van der Waals surface area contributed by atoms with Gasteiger partial charge in [-0.05, 0) is 41.5 Å². The summed E-state index contributed by atoms with van der Waals surface area (Å²) in [6.45, 7) is 2.13. The third-order valence-corrected chi connectivity index (χ3v) is 3.96. The van der Waals surface area contributed by atoms with E-state index in [0.717, 1.165) is 22.5 Å². The Morgan fingerprint density at radius 3 is 2.20 bits per heavy atom. The molecular formula is C22H21N3. The van der Waals surface area contributed by atoms with Gasteiger partial charge in [0, 0.05) is 24.0 Å². The van der Waals surface area contributed by atoms with Gasteiger partial charge in [-0.25, -0.2) is 0 Å². The molecule has 3 nitrogen and oxygen atoms in total. The molecule has 1 aromatic carbocycles. The molecule has 0 bridgehead atoms. The minimum atomic E-state index is 0.171. The van der Waals surface area contributed by atoms with Crippen LogP contribution in [0.2, 0.25) is 0 Å². The second kappa shape index (κ2) is 8.06. The third-order valence-electron chi connectivity index (χ3n) is 3.96. The fourth-order valence-electron chi connectivity index (χ4n) is 2.63. The Labute approximate surface area is 148 Å². The molecule has 1 atom stereocenters. The van der Waals surface area contributed by atoms with E-state index in [4.69, 9.17) is 5.73 Å². The zero-order valence-corrected chi connectivity index (χ0v) is 14.2. The number of pyridine rings is 2. The molecule has 124 valence electrons. The van der Waals surface area contributed by atoms with Crippen LogP contribution in [0.4, 0.5) is 0 Å². The Bertz CT molecular complexity index is 854. The molecule has 2 N–H and O–H groups in total. The van der Waals surface area contributed by atoms with Crippen LogP contribution in [-0.2, 0) is 0 Å². The first-order valence-corrected chi connectivity index (χ1v) is 8.31. The van der Waals surface area contributed by atoms with E-state index >= 15 is 0 Å².